The molecule has 9 aromatic rings. The molecule has 0 bridgehead atoms. The van der Waals surface area contributed by atoms with E-state index in [0.29, 0.717) is 101 Å². The molecular formula is C49H50FN17O. The molecule has 0 unspecified atom stereocenters. The van der Waals surface area contributed by atoms with Crippen LogP contribution in [0.2, 0.25) is 0 Å². The lowest BCUT2D eigenvalue weighted by Crippen LogP contribution is -2.12. The lowest BCUT2D eigenvalue weighted by molar-refractivity contribution is 0.474. The molecule has 0 aliphatic heterocycles. The van der Waals surface area contributed by atoms with Crippen molar-refractivity contribution in [1.82, 2.24) is 54.4 Å². The van der Waals surface area contributed by atoms with Crippen molar-refractivity contribution in [3.63, 3.8) is 0 Å². The predicted octanol–water partition coefficient (Wildman–Crippen LogP) is 7.17. The van der Waals surface area contributed by atoms with E-state index in [2.05, 4.69) is 55.8 Å². The van der Waals surface area contributed by atoms with Crippen LogP contribution >= 0.6 is 0 Å². The van der Waals surface area contributed by atoms with E-state index in [9.17, 15) is 9.50 Å². The summed E-state index contributed by atoms with van der Waals surface area (Å²) in [6, 6.07) is 14.3. The maximum Gasteiger partial charge on any atom is 0.227 e. The molecule has 1 atom stereocenters. The highest BCUT2D eigenvalue weighted by Crippen LogP contribution is 2.40. The molecule has 1 aliphatic carbocycles. The lowest BCUT2D eigenvalue weighted by Gasteiger charge is -2.17. The smallest absolute Gasteiger partial charge is 0.227 e. The Balaban J connectivity index is 0.831. The van der Waals surface area contributed by atoms with Gasteiger partial charge in [0.1, 0.15) is 29.0 Å². The van der Waals surface area contributed by atoms with Crippen LogP contribution in [0.15, 0.2) is 61.1 Å². The fourth-order valence-electron chi connectivity index (χ4n) is 9.27. The summed E-state index contributed by atoms with van der Waals surface area (Å²) in [6.07, 6.45) is 6.98. The maximum atomic E-state index is 13.8. The molecule has 68 heavy (non-hydrogen) atoms. The molecule has 19 heteroatoms. The normalized spacial score (nSPS) is 13.4. The number of phenolic OH excluding ortho intramolecular Hbond substituents is 1. The number of hydrogen-bond donors (Lipinski definition) is 7. The Hall–Kier alpha value is -8.35. The van der Waals surface area contributed by atoms with Gasteiger partial charge in [0.25, 0.3) is 0 Å². The van der Waals surface area contributed by atoms with Gasteiger partial charge in [-0.05, 0) is 130 Å². The van der Waals surface area contributed by atoms with Crippen LogP contribution in [0.5, 0.6) is 5.75 Å². The second-order valence-electron chi connectivity index (χ2n) is 17.5. The number of rotatable bonds is 13. The number of hydrogen-bond acceptors (Lipinski definition) is 17. The second-order valence-corrected chi connectivity index (χ2v) is 17.5. The average Bonchev–Trinajstić information content (AvgIpc) is 3.92. The van der Waals surface area contributed by atoms with Crippen molar-refractivity contribution in [3.05, 3.63) is 129 Å². The first-order valence-corrected chi connectivity index (χ1v) is 22.4. The van der Waals surface area contributed by atoms with Crippen molar-refractivity contribution in [3.8, 4) is 11.4 Å². The number of nitrogen functional groups attached to an aromatic ring is 3. The number of fused-ring (bicyclic) bond motifs is 4. The van der Waals surface area contributed by atoms with E-state index in [1.54, 1.807) is 37.5 Å². The van der Waals surface area contributed by atoms with Crippen LogP contribution in [0.4, 0.5) is 39.7 Å². The van der Waals surface area contributed by atoms with Gasteiger partial charge in [-0.3, -0.25) is 0 Å². The van der Waals surface area contributed by atoms with Gasteiger partial charge < -0.3 is 42.8 Å². The molecule has 0 spiro atoms. The van der Waals surface area contributed by atoms with Gasteiger partial charge in [-0.15, -0.1) is 0 Å². The van der Waals surface area contributed by atoms with E-state index < -0.39 is 0 Å². The second kappa shape index (κ2) is 17.5. The molecule has 0 saturated heterocycles. The number of phenols is 1. The Labute approximate surface area is 390 Å². The summed E-state index contributed by atoms with van der Waals surface area (Å²) in [7, 11) is 0. The third kappa shape index (κ3) is 8.60. The van der Waals surface area contributed by atoms with Crippen molar-refractivity contribution < 1.29 is 9.50 Å². The summed E-state index contributed by atoms with van der Waals surface area (Å²) in [4.78, 5) is 46.7. The summed E-state index contributed by atoms with van der Waals surface area (Å²) in [5.41, 5.74) is 31.4. The number of aromatic hydroxyl groups is 1. The number of pyridine rings is 3. The molecule has 0 radical (unpaired) electrons. The zero-order chi connectivity index (χ0) is 47.4. The SMILES string of the molecule is Cc1cc(C)c2c(N)nc(NCCc3cn(-c4cc(O)cc5c4CC[C@H]5Nc4nc(N)c5c(C)cc(CCc6cc(C)nc7nc(NCc8ccc(F)c(C)c8)nc(N)c67)nc5n4)cn3)nc2n1. The molecule has 0 amide bonds. The Morgan fingerprint density at radius 2 is 1.32 bits per heavy atom. The van der Waals surface area contributed by atoms with E-state index in [-0.39, 0.29) is 17.6 Å². The quantitative estimate of drug-likeness (QED) is 0.0604. The number of nitrogens with one attached hydrogen (secondary N) is 3. The summed E-state index contributed by atoms with van der Waals surface area (Å²) in [6.45, 7) is 10.4. The van der Waals surface area contributed by atoms with Crippen molar-refractivity contribution >= 4 is 68.4 Å². The van der Waals surface area contributed by atoms with E-state index in [4.69, 9.17) is 27.2 Å². The molecule has 10 rings (SSSR count). The van der Waals surface area contributed by atoms with Crippen LogP contribution in [0.25, 0.3) is 38.8 Å². The van der Waals surface area contributed by atoms with Gasteiger partial charge in [0.2, 0.25) is 17.8 Å². The summed E-state index contributed by atoms with van der Waals surface area (Å²) in [5, 5.41) is 23.1. The maximum absolute atomic E-state index is 13.8. The van der Waals surface area contributed by atoms with Gasteiger partial charge in [0.05, 0.1) is 39.9 Å². The van der Waals surface area contributed by atoms with Gasteiger partial charge >= 0.3 is 0 Å². The number of benzene rings is 2. The van der Waals surface area contributed by atoms with Crippen LogP contribution in [-0.4, -0.2) is 66.1 Å². The number of imidazole rings is 1. The standard InChI is InChI=1S/C49H50FN17O/c1-23-15-28(6-10-35(23)50)20-55-48-62-43(53)40-29(17-27(5)58-46(40)65-48)7-8-30-16-25(3)39-42(52)63-49(66-45(39)59-30)60-36-11-9-33-34(36)18-32(68)19-37(33)67-21-31(56-22-67)12-13-54-47-61-41(51)38-24(2)14-26(4)57-44(38)64-47/h6,10,14-19,21-22,36,68H,7-9,11-13,20H2,1-5H3,(H3,51,54,57,61,64)(H3,52,59,60,63,66)(H3,53,55,58,62,65)/t36-/m1/s1. The number of halogens is 1. The number of nitrogens with zero attached hydrogens (tertiary/aromatic N) is 11. The van der Waals surface area contributed by atoms with Crippen LogP contribution < -0.4 is 33.2 Å². The highest BCUT2D eigenvalue weighted by atomic mass is 19.1. The molecule has 7 aromatic heterocycles. The van der Waals surface area contributed by atoms with Gasteiger partial charge in [0.15, 0.2) is 16.9 Å². The van der Waals surface area contributed by atoms with Gasteiger partial charge in [0, 0.05) is 48.9 Å². The van der Waals surface area contributed by atoms with Gasteiger partial charge in [-0.1, -0.05) is 12.1 Å². The summed E-state index contributed by atoms with van der Waals surface area (Å²) >= 11 is 0. The molecule has 1 aliphatic rings. The van der Waals surface area contributed by atoms with E-state index >= 15 is 0 Å². The minimum Gasteiger partial charge on any atom is -0.508 e. The Kier molecular flexibility index (Phi) is 11.2. The number of aromatic nitrogens is 11. The molecule has 0 saturated carbocycles. The highest BCUT2D eigenvalue weighted by molar-refractivity contribution is 5.91. The highest BCUT2D eigenvalue weighted by Gasteiger charge is 2.28. The molecule has 10 N–H and O–H groups in total. The van der Waals surface area contributed by atoms with Gasteiger partial charge in [-0.25, -0.2) is 24.3 Å². The van der Waals surface area contributed by atoms with Crippen molar-refractivity contribution in [1.29, 1.82) is 0 Å². The van der Waals surface area contributed by atoms with E-state index in [0.717, 1.165) is 80.1 Å². The zero-order valence-electron chi connectivity index (χ0n) is 38.3. The monoisotopic (exact) mass is 911 g/mol. The number of nitrogens with two attached hydrogens (primary N) is 3. The summed E-state index contributed by atoms with van der Waals surface area (Å²) < 4.78 is 15.8. The average molecular weight is 912 g/mol. The Morgan fingerprint density at radius 3 is 2.09 bits per heavy atom. The third-order valence-electron chi connectivity index (χ3n) is 12.4. The van der Waals surface area contributed by atoms with Crippen molar-refractivity contribution in [2.45, 2.75) is 79.3 Å². The number of anilines is 6. The molecule has 0 fully saturated rings. The predicted molar refractivity (Wildman–Crippen MR) is 262 cm³/mol. The van der Waals surface area contributed by atoms with Crippen molar-refractivity contribution in [2.24, 2.45) is 0 Å². The molecule has 344 valence electrons. The fraction of sp³-hybridized carbons (Fsp3) is 0.265. The van der Waals surface area contributed by atoms with Crippen LogP contribution in [0.1, 0.15) is 74.2 Å². The van der Waals surface area contributed by atoms with Gasteiger partial charge in [-0.2, -0.15) is 29.9 Å². The first-order chi connectivity index (χ1) is 32.7. The lowest BCUT2D eigenvalue weighted by atomic mass is 10.0. The van der Waals surface area contributed by atoms with Crippen molar-refractivity contribution in [2.75, 3.05) is 39.7 Å². The molecule has 18 nitrogen and oxygen atoms in total. The number of aryl methyl sites for hydroxylation is 7. The first kappa shape index (κ1) is 43.5. The Bertz CT molecular complexity index is 3470. The van der Waals surface area contributed by atoms with Crippen LogP contribution in [0, 0.1) is 40.4 Å². The fourth-order valence-corrected chi connectivity index (χ4v) is 9.27. The molecule has 7 heterocycles. The molecular weight excluding hydrogens is 862 g/mol. The Morgan fingerprint density at radius 1 is 0.662 bits per heavy atom. The minimum absolute atomic E-state index is 0.134. The zero-order valence-corrected chi connectivity index (χ0v) is 38.3. The third-order valence-corrected chi connectivity index (χ3v) is 12.4. The largest absolute Gasteiger partial charge is 0.508 e. The van der Waals surface area contributed by atoms with E-state index in [1.165, 1.54) is 6.07 Å². The molecule has 2 aromatic carbocycles. The van der Waals surface area contributed by atoms with E-state index in [1.807, 2.05) is 56.7 Å². The van der Waals surface area contributed by atoms with Crippen LogP contribution in [0.3, 0.4) is 0 Å². The minimum atomic E-state index is -0.252. The first-order valence-electron chi connectivity index (χ1n) is 22.4. The van der Waals surface area contributed by atoms with Crippen LogP contribution in [-0.2, 0) is 32.2 Å². The summed E-state index contributed by atoms with van der Waals surface area (Å²) in [5.74, 6) is 1.99. The topological polar surface area (TPSA) is 268 Å².